The summed E-state index contributed by atoms with van der Waals surface area (Å²) in [6.07, 6.45) is 6.48. The Morgan fingerprint density at radius 2 is 2.35 bits per heavy atom. The minimum atomic E-state index is 0.402. The van der Waals surface area contributed by atoms with Gasteiger partial charge in [-0.25, -0.2) is 4.98 Å². The quantitative estimate of drug-likeness (QED) is 0.894. The summed E-state index contributed by atoms with van der Waals surface area (Å²) in [6, 6.07) is 0.592. The van der Waals surface area contributed by atoms with Gasteiger partial charge in [0.1, 0.15) is 0 Å². The molecule has 3 nitrogen and oxygen atoms in total. The van der Waals surface area contributed by atoms with Crippen LogP contribution in [-0.2, 0) is 7.05 Å². The van der Waals surface area contributed by atoms with Gasteiger partial charge in [-0.1, -0.05) is 32.5 Å². The number of thioether (sulfide) groups is 1. The molecule has 2 rings (SSSR count). The fourth-order valence-electron chi connectivity index (χ4n) is 2.70. The Kier molecular flexibility index (Phi) is 3.83. The second-order valence-corrected chi connectivity index (χ2v) is 6.75. The Hall–Kier alpha value is -0.480. The summed E-state index contributed by atoms with van der Waals surface area (Å²) >= 11 is 1.92. The van der Waals surface area contributed by atoms with Crippen LogP contribution in [0.4, 0.5) is 0 Å². The minimum absolute atomic E-state index is 0.402. The first kappa shape index (κ1) is 13.0. The average molecular weight is 253 g/mol. The van der Waals surface area contributed by atoms with Crippen LogP contribution in [0.5, 0.6) is 0 Å². The third-order valence-corrected chi connectivity index (χ3v) is 5.16. The van der Waals surface area contributed by atoms with Crippen molar-refractivity contribution in [3.63, 3.8) is 0 Å². The molecule has 0 amide bonds. The number of aromatic nitrogens is 2. The highest BCUT2D eigenvalue weighted by molar-refractivity contribution is 7.99. The fraction of sp³-hybridized carbons (Fsp3) is 0.769. The van der Waals surface area contributed by atoms with E-state index in [0.29, 0.717) is 16.7 Å². The van der Waals surface area contributed by atoms with Crippen molar-refractivity contribution in [3.05, 3.63) is 12.4 Å². The maximum atomic E-state index is 4.42. The largest absolute Gasteiger partial charge is 0.329 e. The molecule has 1 aliphatic carbocycles. The summed E-state index contributed by atoms with van der Waals surface area (Å²) in [5, 5.41) is 5.44. The Balaban J connectivity index is 2.08. The van der Waals surface area contributed by atoms with Crippen molar-refractivity contribution in [2.45, 2.75) is 50.1 Å². The Labute approximate surface area is 108 Å². The first-order valence-electron chi connectivity index (χ1n) is 6.42. The Morgan fingerprint density at radius 1 is 1.59 bits per heavy atom. The maximum absolute atomic E-state index is 4.42. The fourth-order valence-corrected chi connectivity index (χ4v) is 4.15. The van der Waals surface area contributed by atoms with E-state index in [2.05, 4.69) is 42.7 Å². The highest BCUT2D eigenvalue weighted by atomic mass is 32.2. The second-order valence-electron chi connectivity index (χ2n) is 5.54. The number of rotatable bonds is 4. The normalized spacial score (nSPS) is 27.5. The lowest BCUT2D eigenvalue weighted by atomic mass is 9.87. The van der Waals surface area contributed by atoms with Gasteiger partial charge in [0, 0.05) is 30.7 Å². The van der Waals surface area contributed by atoms with E-state index in [1.54, 1.807) is 0 Å². The van der Waals surface area contributed by atoms with E-state index < -0.39 is 0 Å². The topological polar surface area (TPSA) is 29.9 Å². The number of hydrogen-bond acceptors (Lipinski definition) is 3. The van der Waals surface area contributed by atoms with E-state index in [4.69, 9.17) is 0 Å². The number of aryl methyl sites for hydroxylation is 1. The molecule has 1 saturated carbocycles. The van der Waals surface area contributed by atoms with E-state index in [1.165, 1.54) is 12.8 Å². The van der Waals surface area contributed by atoms with Gasteiger partial charge in [-0.05, 0) is 24.8 Å². The van der Waals surface area contributed by atoms with E-state index >= 15 is 0 Å². The summed E-state index contributed by atoms with van der Waals surface area (Å²) in [5.74, 6) is 0. The molecule has 0 aromatic carbocycles. The summed E-state index contributed by atoms with van der Waals surface area (Å²) in [4.78, 5) is 4.42. The molecule has 0 aliphatic heterocycles. The Bertz CT molecular complexity index is 372. The molecule has 1 aliphatic rings. The standard InChI is InChI=1S/C13H23N3S/c1-5-14-11-10(6-7-13(11,2)3)17-12-15-8-9-16(12)4/h8-11,14H,5-7H2,1-4H3. The molecule has 96 valence electrons. The van der Waals surface area contributed by atoms with Crippen LogP contribution >= 0.6 is 11.8 Å². The zero-order chi connectivity index (χ0) is 12.5. The summed E-state index contributed by atoms with van der Waals surface area (Å²) < 4.78 is 2.11. The zero-order valence-corrected chi connectivity index (χ0v) is 12.0. The summed E-state index contributed by atoms with van der Waals surface area (Å²) in [5.41, 5.74) is 0.402. The lowest BCUT2D eigenvalue weighted by Gasteiger charge is -2.31. The SMILES string of the molecule is CCNC1C(Sc2nccn2C)CCC1(C)C. The smallest absolute Gasteiger partial charge is 0.167 e. The van der Waals surface area contributed by atoms with Crippen molar-refractivity contribution in [1.29, 1.82) is 0 Å². The van der Waals surface area contributed by atoms with Crippen LogP contribution in [-0.4, -0.2) is 27.4 Å². The van der Waals surface area contributed by atoms with Crippen molar-refractivity contribution in [2.24, 2.45) is 12.5 Å². The van der Waals surface area contributed by atoms with Crippen molar-refractivity contribution in [1.82, 2.24) is 14.9 Å². The second kappa shape index (κ2) is 5.02. The molecule has 1 heterocycles. The number of hydrogen-bond donors (Lipinski definition) is 1. The lowest BCUT2D eigenvalue weighted by molar-refractivity contribution is 0.290. The van der Waals surface area contributed by atoms with Crippen molar-refractivity contribution in [3.8, 4) is 0 Å². The molecule has 0 spiro atoms. The van der Waals surface area contributed by atoms with Crippen LogP contribution < -0.4 is 5.32 Å². The minimum Gasteiger partial charge on any atom is -0.329 e. The molecule has 17 heavy (non-hydrogen) atoms. The van der Waals surface area contributed by atoms with Crippen LogP contribution in [0.25, 0.3) is 0 Å². The average Bonchev–Trinajstić information content (AvgIpc) is 2.78. The molecular weight excluding hydrogens is 230 g/mol. The third-order valence-electron chi connectivity index (χ3n) is 3.74. The third kappa shape index (κ3) is 2.68. The first-order chi connectivity index (χ1) is 8.04. The summed E-state index contributed by atoms with van der Waals surface area (Å²) in [7, 11) is 2.07. The van der Waals surface area contributed by atoms with Crippen LogP contribution in [0.2, 0.25) is 0 Å². The molecule has 1 aromatic heterocycles. The van der Waals surface area contributed by atoms with Gasteiger partial charge in [-0.2, -0.15) is 0 Å². The predicted octanol–water partition coefficient (Wildman–Crippen LogP) is 2.68. The molecular formula is C13H23N3S. The van der Waals surface area contributed by atoms with Crippen LogP contribution in [0.1, 0.15) is 33.6 Å². The molecule has 1 aromatic rings. The molecule has 1 fully saturated rings. The van der Waals surface area contributed by atoms with Gasteiger partial charge in [-0.3, -0.25) is 0 Å². The maximum Gasteiger partial charge on any atom is 0.167 e. The van der Waals surface area contributed by atoms with Crippen molar-refractivity contribution in [2.75, 3.05) is 6.54 Å². The molecule has 2 unspecified atom stereocenters. The van der Waals surface area contributed by atoms with Gasteiger partial charge < -0.3 is 9.88 Å². The Morgan fingerprint density at radius 3 is 2.94 bits per heavy atom. The highest BCUT2D eigenvalue weighted by Crippen LogP contribution is 2.44. The molecule has 0 radical (unpaired) electrons. The lowest BCUT2D eigenvalue weighted by Crippen LogP contribution is -2.43. The van der Waals surface area contributed by atoms with Crippen LogP contribution in [0.3, 0.4) is 0 Å². The molecule has 2 atom stereocenters. The van der Waals surface area contributed by atoms with Gasteiger partial charge in [0.25, 0.3) is 0 Å². The van der Waals surface area contributed by atoms with E-state index in [1.807, 2.05) is 24.2 Å². The van der Waals surface area contributed by atoms with Crippen molar-refractivity contribution >= 4 is 11.8 Å². The molecule has 1 N–H and O–H groups in total. The van der Waals surface area contributed by atoms with Gasteiger partial charge in [-0.15, -0.1) is 0 Å². The van der Waals surface area contributed by atoms with Crippen LogP contribution in [0, 0.1) is 5.41 Å². The van der Waals surface area contributed by atoms with Gasteiger partial charge in [0.2, 0.25) is 0 Å². The summed E-state index contributed by atoms with van der Waals surface area (Å²) in [6.45, 7) is 7.99. The van der Waals surface area contributed by atoms with E-state index in [9.17, 15) is 0 Å². The number of nitrogens with zero attached hydrogens (tertiary/aromatic N) is 2. The number of nitrogens with one attached hydrogen (secondary N) is 1. The molecule has 4 heteroatoms. The highest BCUT2D eigenvalue weighted by Gasteiger charge is 2.42. The molecule has 0 bridgehead atoms. The van der Waals surface area contributed by atoms with Gasteiger partial charge >= 0.3 is 0 Å². The van der Waals surface area contributed by atoms with Gasteiger partial charge in [0.05, 0.1) is 0 Å². The van der Waals surface area contributed by atoms with Crippen molar-refractivity contribution < 1.29 is 0 Å². The number of imidazole rings is 1. The first-order valence-corrected chi connectivity index (χ1v) is 7.30. The van der Waals surface area contributed by atoms with E-state index in [-0.39, 0.29) is 0 Å². The van der Waals surface area contributed by atoms with Gasteiger partial charge in [0.15, 0.2) is 5.16 Å². The molecule has 0 saturated heterocycles. The van der Waals surface area contributed by atoms with Crippen LogP contribution in [0.15, 0.2) is 17.6 Å². The zero-order valence-electron chi connectivity index (χ0n) is 11.2. The monoisotopic (exact) mass is 253 g/mol. The van der Waals surface area contributed by atoms with E-state index in [0.717, 1.165) is 11.7 Å². The predicted molar refractivity (Wildman–Crippen MR) is 73.3 cm³/mol.